The third-order valence-electron chi connectivity index (χ3n) is 5.87. The van der Waals surface area contributed by atoms with Crippen molar-refractivity contribution in [3.05, 3.63) is 53.2 Å². The summed E-state index contributed by atoms with van der Waals surface area (Å²) in [5.41, 5.74) is 3.30. The molecule has 0 spiro atoms. The fourth-order valence-electron chi connectivity index (χ4n) is 3.79. The van der Waals surface area contributed by atoms with E-state index >= 15 is 0 Å². The third kappa shape index (κ3) is 5.02. The van der Waals surface area contributed by atoms with Crippen molar-refractivity contribution < 1.29 is 9.59 Å². The Morgan fingerprint density at radius 3 is 2.71 bits per heavy atom. The van der Waals surface area contributed by atoms with Crippen molar-refractivity contribution in [3.63, 3.8) is 0 Å². The number of hydrogen-bond acceptors (Lipinski definition) is 6. The number of benzene rings is 1. The van der Waals surface area contributed by atoms with Gasteiger partial charge in [0.15, 0.2) is 0 Å². The Morgan fingerprint density at radius 1 is 1.32 bits per heavy atom. The van der Waals surface area contributed by atoms with Gasteiger partial charge in [-0.25, -0.2) is 4.98 Å². The Balaban J connectivity index is 1.63. The number of aromatic nitrogens is 1. The van der Waals surface area contributed by atoms with E-state index in [1.807, 2.05) is 32.2 Å². The summed E-state index contributed by atoms with van der Waals surface area (Å²) in [5, 5.41) is 14.0. The Labute approximate surface area is 183 Å². The molecule has 0 bridgehead atoms. The molecule has 1 aliphatic heterocycles. The summed E-state index contributed by atoms with van der Waals surface area (Å²) in [6, 6.07) is 9.57. The zero-order valence-corrected chi connectivity index (χ0v) is 18.5. The molecule has 1 aromatic carbocycles. The number of pyridine rings is 1. The number of anilines is 2. The molecule has 0 radical (unpaired) electrons. The highest BCUT2D eigenvalue weighted by molar-refractivity contribution is 5.94. The normalized spacial score (nSPS) is 16.5. The minimum absolute atomic E-state index is 0.0128. The SMILES string of the molecule is CNc1ccc([C@@H](C)Nc2ccc(C(=O)N3CC[C@H](N(C)C(C)=O)C3)cn2)cc1C=N. The summed E-state index contributed by atoms with van der Waals surface area (Å²) < 4.78 is 0. The molecule has 2 atom stereocenters. The molecule has 1 aliphatic rings. The highest BCUT2D eigenvalue weighted by Gasteiger charge is 2.30. The average Bonchev–Trinajstić information content (AvgIpc) is 3.28. The third-order valence-corrected chi connectivity index (χ3v) is 5.87. The van der Waals surface area contributed by atoms with E-state index < -0.39 is 0 Å². The lowest BCUT2D eigenvalue weighted by Gasteiger charge is -2.23. The van der Waals surface area contributed by atoms with Crippen LogP contribution in [0.15, 0.2) is 36.5 Å². The molecule has 31 heavy (non-hydrogen) atoms. The molecule has 0 unspecified atom stereocenters. The van der Waals surface area contributed by atoms with E-state index in [0.29, 0.717) is 24.5 Å². The number of carbonyl (C=O) groups excluding carboxylic acids is 2. The number of amides is 2. The first-order chi connectivity index (χ1) is 14.8. The first-order valence-electron chi connectivity index (χ1n) is 10.4. The van der Waals surface area contributed by atoms with Gasteiger partial charge < -0.3 is 25.8 Å². The number of carbonyl (C=O) groups is 2. The predicted molar refractivity (Wildman–Crippen MR) is 123 cm³/mol. The number of likely N-dealkylation sites (N-methyl/N-ethyl adjacent to an activating group) is 1. The van der Waals surface area contributed by atoms with E-state index in [1.165, 1.54) is 6.21 Å². The first kappa shape index (κ1) is 22.3. The number of nitrogens with zero attached hydrogens (tertiary/aromatic N) is 3. The largest absolute Gasteiger partial charge is 0.388 e. The van der Waals surface area contributed by atoms with Gasteiger partial charge in [0.05, 0.1) is 11.6 Å². The molecule has 2 amide bonds. The zero-order chi connectivity index (χ0) is 22.5. The summed E-state index contributed by atoms with van der Waals surface area (Å²) in [6.45, 7) is 4.75. The second-order valence-electron chi connectivity index (χ2n) is 7.86. The summed E-state index contributed by atoms with van der Waals surface area (Å²) in [5.74, 6) is 0.623. The number of nitrogens with one attached hydrogen (secondary N) is 3. The number of likely N-dealkylation sites (tertiary alicyclic amines) is 1. The van der Waals surface area contributed by atoms with Gasteiger partial charge in [-0.1, -0.05) is 6.07 Å². The van der Waals surface area contributed by atoms with Gasteiger partial charge in [0.1, 0.15) is 5.82 Å². The fourth-order valence-corrected chi connectivity index (χ4v) is 3.79. The van der Waals surface area contributed by atoms with Crippen molar-refractivity contribution in [2.45, 2.75) is 32.4 Å². The standard InChI is InChI=1S/C23H30N6O2/c1-15(17-5-7-21(25-3)19(11-17)12-24)27-22-8-6-18(13-26-22)23(31)29-10-9-20(14-29)28(4)16(2)30/h5-8,11-13,15,20,24-25H,9-10,14H2,1-4H3,(H,26,27)/t15-,20+/m1/s1. The number of hydrogen-bond donors (Lipinski definition) is 3. The minimum atomic E-state index is -0.0650. The van der Waals surface area contributed by atoms with Crippen LogP contribution in [0, 0.1) is 5.41 Å². The van der Waals surface area contributed by atoms with Gasteiger partial charge in [-0.3, -0.25) is 9.59 Å². The second-order valence-corrected chi connectivity index (χ2v) is 7.86. The van der Waals surface area contributed by atoms with Crippen LogP contribution in [0.2, 0.25) is 0 Å². The second kappa shape index (κ2) is 9.59. The van der Waals surface area contributed by atoms with Crippen molar-refractivity contribution in [1.82, 2.24) is 14.8 Å². The molecule has 3 rings (SSSR count). The van der Waals surface area contributed by atoms with Crippen LogP contribution in [-0.4, -0.2) is 66.0 Å². The van der Waals surface area contributed by atoms with Crippen LogP contribution >= 0.6 is 0 Å². The molecule has 0 saturated carbocycles. The van der Waals surface area contributed by atoms with Gasteiger partial charge in [-0.15, -0.1) is 0 Å². The smallest absolute Gasteiger partial charge is 0.255 e. The molecule has 2 heterocycles. The van der Waals surface area contributed by atoms with Crippen LogP contribution in [0.4, 0.5) is 11.5 Å². The van der Waals surface area contributed by atoms with Crippen LogP contribution in [0.3, 0.4) is 0 Å². The van der Waals surface area contributed by atoms with Crippen molar-refractivity contribution in [2.24, 2.45) is 0 Å². The van der Waals surface area contributed by atoms with E-state index in [-0.39, 0.29) is 23.9 Å². The Kier molecular flexibility index (Phi) is 6.89. The van der Waals surface area contributed by atoms with Crippen molar-refractivity contribution in [3.8, 4) is 0 Å². The van der Waals surface area contributed by atoms with Crippen LogP contribution in [-0.2, 0) is 4.79 Å². The molecule has 2 aromatic rings. The minimum Gasteiger partial charge on any atom is -0.388 e. The van der Waals surface area contributed by atoms with Gasteiger partial charge in [0.2, 0.25) is 5.91 Å². The quantitative estimate of drug-likeness (QED) is 0.596. The molecular weight excluding hydrogens is 392 g/mol. The van der Waals surface area contributed by atoms with Crippen molar-refractivity contribution in [1.29, 1.82) is 5.41 Å². The summed E-state index contributed by atoms with van der Waals surface area (Å²) >= 11 is 0. The molecule has 1 fully saturated rings. The van der Waals surface area contributed by atoms with E-state index in [4.69, 9.17) is 5.41 Å². The molecule has 1 saturated heterocycles. The lowest BCUT2D eigenvalue weighted by atomic mass is 10.0. The molecule has 8 nitrogen and oxygen atoms in total. The van der Waals surface area contributed by atoms with Gasteiger partial charge in [0, 0.05) is 63.8 Å². The highest BCUT2D eigenvalue weighted by atomic mass is 16.2. The van der Waals surface area contributed by atoms with E-state index in [2.05, 4.69) is 15.6 Å². The van der Waals surface area contributed by atoms with E-state index in [0.717, 1.165) is 23.2 Å². The van der Waals surface area contributed by atoms with Crippen LogP contribution in [0.1, 0.15) is 47.8 Å². The first-order valence-corrected chi connectivity index (χ1v) is 10.4. The maximum absolute atomic E-state index is 12.8. The van der Waals surface area contributed by atoms with Crippen LogP contribution in [0.25, 0.3) is 0 Å². The van der Waals surface area contributed by atoms with E-state index in [9.17, 15) is 9.59 Å². The Morgan fingerprint density at radius 2 is 2.10 bits per heavy atom. The molecular formula is C23H30N6O2. The Bertz CT molecular complexity index is 959. The molecule has 164 valence electrons. The molecule has 3 N–H and O–H groups in total. The number of rotatable bonds is 7. The summed E-state index contributed by atoms with van der Waals surface area (Å²) in [4.78, 5) is 32.3. The van der Waals surface area contributed by atoms with Crippen LogP contribution < -0.4 is 10.6 Å². The lowest BCUT2D eigenvalue weighted by molar-refractivity contribution is -0.129. The zero-order valence-electron chi connectivity index (χ0n) is 18.5. The van der Waals surface area contributed by atoms with E-state index in [1.54, 1.807) is 42.1 Å². The van der Waals surface area contributed by atoms with Gasteiger partial charge in [-0.2, -0.15) is 0 Å². The van der Waals surface area contributed by atoms with Crippen molar-refractivity contribution in [2.75, 3.05) is 37.8 Å². The molecule has 8 heteroatoms. The summed E-state index contributed by atoms with van der Waals surface area (Å²) in [6.07, 6.45) is 3.71. The fraction of sp³-hybridized carbons (Fsp3) is 0.391. The van der Waals surface area contributed by atoms with Crippen LogP contribution in [0.5, 0.6) is 0 Å². The highest BCUT2D eigenvalue weighted by Crippen LogP contribution is 2.23. The predicted octanol–water partition coefficient (Wildman–Crippen LogP) is 2.99. The average molecular weight is 423 g/mol. The van der Waals surface area contributed by atoms with Crippen molar-refractivity contribution >= 4 is 29.5 Å². The van der Waals surface area contributed by atoms with Gasteiger partial charge >= 0.3 is 0 Å². The van der Waals surface area contributed by atoms with Gasteiger partial charge in [-0.05, 0) is 43.2 Å². The molecule has 1 aromatic heterocycles. The monoisotopic (exact) mass is 422 g/mol. The lowest BCUT2D eigenvalue weighted by Crippen LogP contribution is -2.38. The maximum atomic E-state index is 12.8. The maximum Gasteiger partial charge on any atom is 0.255 e. The molecule has 0 aliphatic carbocycles. The summed E-state index contributed by atoms with van der Waals surface area (Å²) in [7, 11) is 3.61. The Hall–Kier alpha value is -3.42. The van der Waals surface area contributed by atoms with Gasteiger partial charge in [0.25, 0.3) is 5.91 Å². The topological polar surface area (TPSA) is 101 Å².